The molecule has 2 aromatic heterocycles. The summed E-state index contributed by atoms with van der Waals surface area (Å²) in [7, 11) is 3.90. The van der Waals surface area contributed by atoms with E-state index in [1.54, 1.807) is 35.4 Å². The van der Waals surface area contributed by atoms with Crippen molar-refractivity contribution in [1.29, 1.82) is 0 Å². The van der Waals surface area contributed by atoms with Crippen LogP contribution in [-0.4, -0.2) is 84.8 Å². The van der Waals surface area contributed by atoms with E-state index in [0.29, 0.717) is 24.5 Å². The fourth-order valence-electron chi connectivity index (χ4n) is 8.30. The topological polar surface area (TPSA) is 151 Å². The van der Waals surface area contributed by atoms with Crippen LogP contribution >= 0.6 is 0 Å². The molecule has 6 aromatic rings. The maximum Gasteiger partial charge on any atom is 0.405 e. The largest absolute Gasteiger partial charge is 0.465 e. The van der Waals surface area contributed by atoms with E-state index >= 15 is 0 Å². The number of carboxylic acid groups (broad SMARTS) is 1. The van der Waals surface area contributed by atoms with Crippen LogP contribution in [0, 0.1) is 0 Å². The van der Waals surface area contributed by atoms with Gasteiger partial charge in [-0.2, -0.15) is 0 Å². The number of nitrogens with one attached hydrogen (secondary N) is 3. The minimum Gasteiger partial charge on any atom is -0.465 e. The number of amides is 3. The molecule has 2 aliphatic rings. The molecule has 2 fully saturated rings. The summed E-state index contributed by atoms with van der Waals surface area (Å²) < 4.78 is 0. The average Bonchev–Trinajstić information content (AvgIpc) is 4.08. The van der Waals surface area contributed by atoms with Crippen LogP contribution in [0.3, 0.4) is 0 Å². The molecule has 12 heteroatoms. The number of rotatable bonds is 11. The molecular weight excluding hydrogens is 717 g/mol. The third kappa shape index (κ3) is 7.81. The van der Waals surface area contributed by atoms with Crippen LogP contribution in [0.25, 0.3) is 33.6 Å². The smallest absolute Gasteiger partial charge is 0.405 e. The van der Waals surface area contributed by atoms with Crippen molar-refractivity contribution in [3.05, 3.63) is 144 Å². The molecular formula is C45H46N8O4. The first-order chi connectivity index (χ1) is 27.7. The Balaban J connectivity index is 0.930. The third-order valence-electron chi connectivity index (χ3n) is 11.1. The molecule has 3 amide bonds. The molecule has 0 spiro atoms. The zero-order valence-corrected chi connectivity index (χ0v) is 32.0. The van der Waals surface area contributed by atoms with Gasteiger partial charge < -0.3 is 30.2 Å². The van der Waals surface area contributed by atoms with Crippen molar-refractivity contribution in [2.75, 3.05) is 27.2 Å². The van der Waals surface area contributed by atoms with Crippen LogP contribution in [0.2, 0.25) is 0 Å². The number of hydrogen-bond acceptors (Lipinski definition) is 6. The molecule has 0 aliphatic carbocycles. The molecule has 0 unspecified atom stereocenters. The predicted molar refractivity (Wildman–Crippen MR) is 218 cm³/mol. The summed E-state index contributed by atoms with van der Waals surface area (Å²) in [4.78, 5) is 61.3. The number of H-pyrrole nitrogens is 2. The molecule has 4 aromatic carbocycles. The molecule has 4 heterocycles. The van der Waals surface area contributed by atoms with Crippen molar-refractivity contribution in [2.24, 2.45) is 0 Å². The van der Waals surface area contributed by atoms with E-state index in [1.165, 1.54) is 0 Å². The van der Waals surface area contributed by atoms with Gasteiger partial charge in [0.15, 0.2) is 0 Å². The lowest BCUT2D eigenvalue weighted by atomic mass is 10.0. The van der Waals surface area contributed by atoms with Crippen molar-refractivity contribution in [1.82, 2.24) is 40.0 Å². The van der Waals surface area contributed by atoms with Crippen LogP contribution in [0.15, 0.2) is 122 Å². The summed E-state index contributed by atoms with van der Waals surface area (Å²) in [6.45, 7) is 1.22. The second-order valence-corrected chi connectivity index (χ2v) is 15.0. The highest BCUT2D eigenvalue weighted by atomic mass is 16.4. The highest BCUT2D eigenvalue weighted by Gasteiger charge is 2.38. The summed E-state index contributed by atoms with van der Waals surface area (Å²) in [6, 6.07) is 33.7. The van der Waals surface area contributed by atoms with Crippen LogP contribution in [0.1, 0.15) is 72.6 Å². The normalized spacial score (nSPS) is 17.8. The van der Waals surface area contributed by atoms with Crippen LogP contribution in [-0.2, 0) is 9.59 Å². The summed E-state index contributed by atoms with van der Waals surface area (Å²) >= 11 is 0. The van der Waals surface area contributed by atoms with E-state index in [4.69, 9.17) is 4.98 Å². The van der Waals surface area contributed by atoms with Crippen molar-refractivity contribution >= 4 is 17.9 Å². The Bertz CT molecular complexity index is 2320. The van der Waals surface area contributed by atoms with Crippen molar-refractivity contribution in [2.45, 2.75) is 49.9 Å². The molecule has 290 valence electrons. The van der Waals surface area contributed by atoms with Gasteiger partial charge in [0, 0.05) is 13.1 Å². The fraction of sp³-hybridized carbons (Fsp3) is 0.267. The van der Waals surface area contributed by atoms with E-state index in [-0.39, 0.29) is 29.9 Å². The van der Waals surface area contributed by atoms with Crippen LogP contribution in [0.4, 0.5) is 4.79 Å². The van der Waals surface area contributed by atoms with Gasteiger partial charge in [-0.25, -0.2) is 14.8 Å². The molecule has 12 nitrogen and oxygen atoms in total. The minimum atomic E-state index is -1.25. The SMILES string of the molecule is CN(C)[C@@H](C(=O)N1CCC[C@H]1c1ncc(-c2ccc(-c3ccc(-c4cnc([C@@H]5CCCN5C(=O)[C@H](NC(=O)O)c5ccccc5)[nH]4)cc3)cc2)[nH]1)c1ccccc1. The number of imidazole rings is 2. The molecule has 8 rings (SSSR count). The number of aromatic amines is 2. The maximum absolute atomic E-state index is 13.9. The van der Waals surface area contributed by atoms with Crippen LogP contribution in [0.5, 0.6) is 0 Å². The van der Waals surface area contributed by atoms with E-state index < -0.39 is 12.1 Å². The standard InChI is InChI=1S/C45H46N8O4/c1-51(2)40(34-13-7-4-8-14-34)44(55)53-26-10-16-38(53)42-47-28-36(49-42)32-23-19-30(20-24-32)29-17-21-31(22-18-29)35-27-46-41(48-35)37-15-9-25-52(37)43(54)39(50-45(56)57)33-11-5-3-6-12-33/h3-8,11-14,17-24,27-28,37-40,50H,9-10,15-16,25-26H2,1-2H3,(H,46,48)(H,47,49)(H,56,57)/t37-,38-,39+,40+/m0/s1. The second kappa shape index (κ2) is 16.3. The Kier molecular flexibility index (Phi) is 10.7. The summed E-state index contributed by atoms with van der Waals surface area (Å²) in [5.41, 5.74) is 7.44. The number of benzene rings is 4. The van der Waals surface area contributed by atoms with Gasteiger partial charge >= 0.3 is 6.09 Å². The van der Waals surface area contributed by atoms with E-state index in [0.717, 1.165) is 70.7 Å². The van der Waals surface area contributed by atoms with Gasteiger partial charge in [0.1, 0.15) is 23.7 Å². The Hall–Kier alpha value is -6.53. The first-order valence-corrected chi connectivity index (χ1v) is 19.4. The summed E-state index contributed by atoms with van der Waals surface area (Å²) in [5, 5.41) is 11.9. The minimum absolute atomic E-state index is 0.0897. The van der Waals surface area contributed by atoms with E-state index in [2.05, 4.69) is 68.8 Å². The first-order valence-electron chi connectivity index (χ1n) is 19.4. The fourth-order valence-corrected chi connectivity index (χ4v) is 8.30. The summed E-state index contributed by atoms with van der Waals surface area (Å²) in [5.74, 6) is 1.28. The molecule has 0 bridgehead atoms. The number of likely N-dealkylation sites (N-methyl/N-ethyl adjacent to an activating group) is 1. The zero-order valence-electron chi connectivity index (χ0n) is 32.0. The average molecular weight is 763 g/mol. The summed E-state index contributed by atoms with van der Waals surface area (Å²) in [6.07, 6.45) is 5.71. The van der Waals surface area contributed by atoms with Gasteiger partial charge in [-0.15, -0.1) is 0 Å². The van der Waals surface area contributed by atoms with Gasteiger partial charge in [-0.1, -0.05) is 109 Å². The monoisotopic (exact) mass is 762 g/mol. The zero-order chi connectivity index (χ0) is 39.5. The number of aromatic nitrogens is 4. The number of carbonyl (C=O) groups excluding carboxylic acids is 2. The molecule has 57 heavy (non-hydrogen) atoms. The second-order valence-electron chi connectivity index (χ2n) is 15.0. The Morgan fingerprint density at radius 1 is 0.649 bits per heavy atom. The lowest BCUT2D eigenvalue weighted by molar-refractivity contribution is -0.137. The van der Waals surface area contributed by atoms with Crippen molar-refractivity contribution in [3.8, 4) is 33.6 Å². The molecule has 4 N–H and O–H groups in total. The van der Waals surface area contributed by atoms with Gasteiger partial charge in [0.25, 0.3) is 5.91 Å². The number of hydrogen-bond donors (Lipinski definition) is 4. The molecule has 4 atom stereocenters. The molecule has 0 radical (unpaired) electrons. The number of nitrogens with zero attached hydrogens (tertiary/aromatic N) is 5. The van der Waals surface area contributed by atoms with Gasteiger partial charge in [0.2, 0.25) is 5.91 Å². The molecule has 2 aliphatic heterocycles. The van der Waals surface area contributed by atoms with Gasteiger partial charge in [-0.05, 0) is 73.2 Å². The van der Waals surface area contributed by atoms with E-state index in [1.807, 2.05) is 66.5 Å². The van der Waals surface area contributed by atoms with Crippen LogP contribution < -0.4 is 5.32 Å². The highest BCUT2D eigenvalue weighted by molar-refractivity contribution is 5.87. The Labute approximate surface area is 331 Å². The van der Waals surface area contributed by atoms with Gasteiger partial charge in [0.05, 0.1) is 35.9 Å². The van der Waals surface area contributed by atoms with Crippen molar-refractivity contribution < 1.29 is 19.5 Å². The lowest BCUT2D eigenvalue weighted by Crippen LogP contribution is -2.42. The first kappa shape index (κ1) is 37.4. The predicted octanol–water partition coefficient (Wildman–Crippen LogP) is 7.77. The lowest BCUT2D eigenvalue weighted by Gasteiger charge is -2.31. The maximum atomic E-state index is 13.9. The number of carbonyl (C=O) groups is 3. The molecule has 0 saturated carbocycles. The Morgan fingerprint density at radius 2 is 1.09 bits per heavy atom. The highest BCUT2D eigenvalue weighted by Crippen LogP contribution is 2.37. The van der Waals surface area contributed by atoms with E-state index in [9.17, 15) is 19.5 Å². The Morgan fingerprint density at radius 3 is 1.54 bits per heavy atom. The van der Waals surface area contributed by atoms with Crippen molar-refractivity contribution in [3.63, 3.8) is 0 Å². The van der Waals surface area contributed by atoms with Gasteiger partial charge in [-0.3, -0.25) is 14.5 Å². The molecule has 2 saturated heterocycles. The third-order valence-corrected chi connectivity index (χ3v) is 11.1. The quantitative estimate of drug-likeness (QED) is 0.105. The number of likely N-dealkylation sites (tertiary alicyclic amines) is 2.